The summed E-state index contributed by atoms with van der Waals surface area (Å²) < 4.78 is 0.826. The maximum Gasteiger partial charge on any atom is 0.218 e. The second-order valence-corrected chi connectivity index (χ2v) is 1.98. The Kier molecular flexibility index (Phi) is 3.51. The fourth-order valence-corrected chi connectivity index (χ4v) is 0.625. The van der Waals surface area contributed by atoms with Gasteiger partial charge < -0.3 is 5.73 Å². The molecule has 6 heavy (non-hydrogen) atoms. The van der Waals surface area contributed by atoms with Crippen LogP contribution in [0.2, 0.25) is 0 Å². The Bertz CT molecular complexity index is 54.8. The van der Waals surface area contributed by atoms with Gasteiger partial charge in [-0.3, -0.25) is 4.79 Å². The third-order valence-electron chi connectivity index (χ3n) is 0.341. The first-order valence-corrected chi connectivity index (χ1v) is 3.14. The summed E-state index contributed by atoms with van der Waals surface area (Å²) in [5.74, 6) is -0.218. The summed E-state index contributed by atoms with van der Waals surface area (Å²) in [5, 5.41) is 0. The Morgan fingerprint density at radius 3 is 2.33 bits per heavy atom. The molecule has 0 fully saturated rings. The van der Waals surface area contributed by atoms with Gasteiger partial charge in [0.15, 0.2) is 0 Å². The van der Waals surface area contributed by atoms with Gasteiger partial charge in [0.05, 0.1) is 0 Å². The first-order valence-electron chi connectivity index (χ1n) is 1.61. The van der Waals surface area contributed by atoms with E-state index in [1.165, 1.54) is 0 Å². The predicted molar refractivity (Wildman–Crippen MR) is 32.7 cm³/mol. The predicted octanol–water partition coefficient (Wildman–Crippen LogP) is 0.297. The van der Waals surface area contributed by atoms with Crippen molar-refractivity contribution in [2.45, 2.75) is 6.42 Å². The fourth-order valence-electron chi connectivity index (χ4n) is 0.0931. The van der Waals surface area contributed by atoms with E-state index in [1.54, 1.807) is 0 Å². The second kappa shape index (κ2) is 3.39. The van der Waals surface area contributed by atoms with E-state index >= 15 is 0 Å². The van der Waals surface area contributed by atoms with Gasteiger partial charge in [0.25, 0.3) is 0 Å². The highest BCUT2D eigenvalue weighted by molar-refractivity contribution is 14.1. The summed E-state index contributed by atoms with van der Waals surface area (Å²) in [6.45, 7) is 0. The molecule has 0 bridgehead atoms. The van der Waals surface area contributed by atoms with Crippen LogP contribution in [0.1, 0.15) is 6.42 Å². The standard InChI is InChI=1S/C3H6INO/c4-2-1-3(5)6/h1-2H2,(H2,5,6). The van der Waals surface area contributed by atoms with Crippen molar-refractivity contribution in [2.24, 2.45) is 5.73 Å². The molecule has 0 heterocycles. The molecule has 0 atom stereocenters. The van der Waals surface area contributed by atoms with Gasteiger partial charge in [0, 0.05) is 10.8 Å². The van der Waals surface area contributed by atoms with E-state index in [1.807, 2.05) is 0 Å². The van der Waals surface area contributed by atoms with Crippen molar-refractivity contribution >= 4 is 28.5 Å². The van der Waals surface area contributed by atoms with Crippen LogP contribution in [0, 0.1) is 0 Å². The van der Waals surface area contributed by atoms with Crippen molar-refractivity contribution in [3.8, 4) is 0 Å². The molecular weight excluding hydrogens is 193 g/mol. The molecule has 0 radical (unpaired) electrons. The monoisotopic (exact) mass is 199 g/mol. The molecule has 36 valence electrons. The van der Waals surface area contributed by atoms with Crippen LogP contribution >= 0.6 is 22.6 Å². The van der Waals surface area contributed by atoms with E-state index in [-0.39, 0.29) is 5.91 Å². The first-order chi connectivity index (χ1) is 2.77. The maximum absolute atomic E-state index is 9.82. The third kappa shape index (κ3) is 4.20. The van der Waals surface area contributed by atoms with Crippen LogP contribution in [-0.4, -0.2) is 10.3 Å². The Morgan fingerprint density at radius 2 is 2.33 bits per heavy atom. The lowest BCUT2D eigenvalue weighted by Gasteiger charge is -1.80. The van der Waals surface area contributed by atoms with Crippen molar-refractivity contribution in [1.82, 2.24) is 0 Å². The zero-order valence-corrected chi connectivity index (χ0v) is 5.44. The average molecular weight is 199 g/mol. The lowest BCUT2D eigenvalue weighted by molar-refractivity contribution is -0.117. The zero-order chi connectivity index (χ0) is 4.99. The van der Waals surface area contributed by atoms with Crippen molar-refractivity contribution in [2.75, 3.05) is 4.43 Å². The lowest BCUT2D eigenvalue weighted by Crippen LogP contribution is -2.09. The van der Waals surface area contributed by atoms with Gasteiger partial charge in [0.1, 0.15) is 0 Å². The quantitative estimate of drug-likeness (QED) is 0.504. The van der Waals surface area contributed by atoms with Gasteiger partial charge in [-0.25, -0.2) is 0 Å². The number of carbonyl (C=O) groups excluding carboxylic acids is 1. The summed E-state index contributed by atoms with van der Waals surface area (Å²) in [4.78, 5) is 9.82. The molecule has 0 spiro atoms. The molecule has 0 saturated heterocycles. The average Bonchev–Trinajstić information content (AvgIpc) is 1.35. The zero-order valence-electron chi connectivity index (χ0n) is 3.28. The fraction of sp³-hybridized carbons (Fsp3) is 0.667. The normalized spacial score (nSPS) is 8.17. The molecule has 2 N–H and O–H groups in total. The summed E-state index contributed by atoms with van der Waals surface area (Å²) in [7, 11) is 0. The highest BCUT2D eigenvalue weighted by Crippen LogP contribution is 1.83. The van der Waals surface area contributed by atoms with E-state index in [2.05, 4.69) is 22.6 Å². The minimum absolute atomic E-state index is 0.218. The van der Waals surface area contributed by atoms with Gasteiger partial charge in [0.2, 0.25) is 5.91 Å². The van der Waals surface area contributed by atoms with Crippen LogP contribution in [-0.2, 0) is 4.79 Å². The summed E-state index contributed by atoms with van der Waals surface area (Å²) in [6.07, 6.45) is 0.501. The lowest BCUT2D eigenvalue weighted by atomic mass is 10.5. The highest BCUT2D eigenvalue weighted by atomic mass is 127. The molecule has 0 rings (SSSR count). The number of nitrogens with two attached hydrogens (primary N) is 1. The summed E-state index contributed by atoms with van der Waals surface area (Å²) >= 11 is 2.10. The number of hydrogen-bond acceptors (Lipinski definition) is 1. The summed E-state index contributed by atoms with van der Waals surface area (Å²) in [6, 6.07) is 0. The van der Waals surface area contributed by atoms with Crippen molar-refractivity contribution in [3.63, 3.8) is 0 Å². The maximum atomic E-state index is 9.82. The van der Waals surface area contributed by atoms with Gasteiger partial charge in [-0.05, 0) is 0 Å². The molecule has 0 unspecified atom stereocenters. The number of halogens is 1. The van der Waals surface area contributed by atoms with Gasteiger partial charge in [-0.2, -0.15) is 0 Å². The van der Waals surface area contributed by atoms with Crippen LogP contribution in [0.25, 0.3) is 0 Å². The minimum atomic E-state index is -0.218. The van der Waals surface area contributed by atoms with E-state index in [0.717, 1.165) is 4.43 Å². The Balaban J connectivity index is 2.83. The van der Waals surface area contributed by atoms with Crippen LogP contribution in [0.3, 0.4) is 0 Å². The minimum Gasteiger partial charge on any atom is -0.370 e. The smallest absolute Gasteiger partial charge is 0.218 e. The number of hydrogen-bond donors (Lipinski definition) is 1. The molecule has 1 amide bonds. The molecule has 0 aliphatic rings. The van der Waals surface area contributed by atoms with Crippen molar-refractivity contribution in [3.05, 3.63) is 0 Å². The molecule has 2 nitrogen and oxygen atoms in total. The first kappa shape index (κ1) is 6.20. The van der Waals surface area contributed by atoms with Crippen molar-refractivity contribution in [1.29, 1.82) is 0 Å². The largest absolute Gasteiger partial charge is 0.370 e. The third-order valence-corrected chi connectivity index (χ3v) is 0.880. The second-order valence-electron chi connectivity index (χ2n) is 0.905. The van der Waals surface area contributed by atoms with Gasteiger partial charge >= 0.3 is 0 Å². The SMILES string of the molecule is NC(=O)CCI. The molecule has 0 aromatic rings. The van der Waals surface area contributed by atoms with E-state index in [9.17, 15) is 4.79 Å². The Labute approximate surface area is 50.2 Å². The number of amides is 1. The molecule has 0 saturated carbocycles. The highest BCUT2D eigenvalue weighted by Gasteiger charge is 1.85. The molecular formula is C3H6INO. The number of rotatable bonds is 2. The van der Waals surface area contributed by atoms with Crippen LogP contribution in [0.15, 0.2) is 0 Å². The van der Waals surface area contributed by atoms with Crippen LogP contribution in [0.4, 0.5) is 0 Å². The Morgan fingerprint density at radius 1 is 1.83 bits per heavy atom. The molecule has 0 aromatic heterocycles. The topological polar surface area (TPSA) is 43.1 Å². The summed E-state index contributed by atoms with van der Waals surface area (Å²) in [5.41, 5.74) is 4.76. The number of alkyl halides is 1. The number of primary amides is 1. The van der Waals surface area contributed by atoms with E-state index in [0.29, 0.717) is 6.42 Å². The van der Waals surface area contributed by atoms with E-state index < -0.39 is 0 Å². The molecule has 3 heteroatoms. The van der Waals surface area contributed by atoms with E-state index in [4.69, 9.17) is 5.73 Å². The Hall–Kier alpha value is 0.200. The van der Waals surface area contributed by atoms with Crippen LogP contribution in [0.5, 0.6) is 0 Å². The molecule has 0 aromatic carbocycles. The van der Waals surface area contributed by atoms with Crippen molar-refractivity contribution < 1.29 is 4.79 Å². The molecule has 0 aliphatic heterocycles. The number of carbonyl (C=O) groups is 1. The van der Waals surface area contributed by atoms with Crippen LogP contribution < -0.4 is 5.73 Å². The van der Waals surface area contributed by atoms with Gasteiger partial charge in [-0.15, -0.1) is 0 Å². The molecule has 0 aliphatic carbocycles. The van der Waals surface area contributed by atoms with Gasteiger partial charge in [-0.1, -0.05) is 22.6 Å².